The van der Waals surface area contributed by atoms with Crippen LogP contribution in [0.1, 0.15) is 10.4 Å². The van der Waals surface area contributed by atoms with Crippen molar-refractivity contribution >= 4 is 29.0 Å². The van der Waals surface area contributed by atoms with Crippen molar-refractivity contribution in [3.8, 4) is 0 Å². The number of hydrogen-bond donors (Lipinski definition) is 1. The van der Waals surface area contributed by atoms with Crippen LogP contribution in [0.3, 0.4) is 0 Å². The molecule has 122 valence electrons. The molecule has 0 unspecified atom stereocenters. The third-order valence-electron chi connectivity index (χ3n) is 4.02. The molecule has 0 aliphatic carbocycles. The molecule has 2 aromatic heterocycles. The number of aromatic nitrogens is 3. The molecule has 8 heteroatoms. The zero-order chi connectivity index (χ0) is 16.5. The number of para-hydroxylation sites is 1. The van der Waals surface area contributed by atoms with Crippen molar-refractivity contribution in [3.63, 3.8) is 0 Å². The maximum absolute atomic E-state index is 11.3. The van der Waals surface area contributed by atoms with Crippen molar-refractivity contribution in [3.05, 3.63) is 42.2 Å². The number of aromatic carboxylic acids is 1. The second-order valence-electron chi connectivity index (χ2n) is 5.48. The van der Waals surface area contributed by atoms with E-state index in [1.54, 1.807) is 30.6 Å². The van der Waals surface area contributed by atoms with E-state index in [-0.39, 0.29) is 5.56 Å². The predicted molar refractivity (Wildman–Crippen MR) is 87.4 cm³/mol. The molecule has 1 N–H and O–H groups in total. The van der Waals surface area contributed by atoms with E-state index in [0.29, 0.717) is 36.2 Å². The smallest absolute Gasteiger partial charge is 0.338 e. The Bertz CT molecular complexity index is 872. The standard InChI is InChI=1S/C16H15N5O3/c22-14(23)11-3-1-4-12-13(11)19-16(24-12)21-9-7-20(8-10-21)15-17-5-2-6-18-15/h1-6H,7-10H2,(H,22,23). The van der Waals surface area contributed by atoms with Crippen LogP contribution in [-0.4, -0.2) is 52.2 Å². The first-order valence-corrected chi connectivity index (χ1v) is 7.62. The van der Waals surface area contributed by atoms with Crippen molar-refractivity contribution in [2.24, 2.45) is 0 Å². The van der Waals surface area contributed by atoms with Crippen LogP contribution in [0.25, 0.3) is 11.1 Å². The Balaban J connectivity index is 1.55. The van der Waals surface area contributed by atoms with Gasteiger partial charge in [-0.2, -0.15) is 4.98 Å². The van der Waals surface area contributed by atoms with Crippen LogP contribution in [0.2, 0.25) is 0 Å². The fourth-order valence-electron chi connectivity index (χ4n) is 2.80. The van der Waals surface area contributed by atoms with E-state index in [4.69, 9.17) is 4.42 Å². The van der Waals surface area contributed by atoms with Gasteiger partial charge in [-0.25, -0.2) is 14.8 Å². The first-order valence-electron chi connectivity index (χ1n) is 7.62. The number of rotatable bonds is 3. The summed E-state index contributed by atoms with van der Waals surface area (Å²) in [6.07, 6.45) is 3.45. The van der Waals surface area contributed by atoms with Crippen molar-refractivity contribution in [1.82, 2.24) is 15.0 Å². The fourth-order valence-corrected chi connectivity index (χ4v) is 2.80. The number of carboxylic acid groups (broad SMARTS) is 1. The number of oxazole rings is 1. The Labute approximate surface area is 137 Å². The highest BCUT2D eigenvalue weighted by atomic mass is 16.4. The number of piperazine rings is 1. The Kier molecular flexibility index (Phi) is 3.49. The molecule has 8 nitrogen and oxygen atoms in total. The molecule has 1 aliphatic rings. The van der Waals surface area contributed by atoms with Gasteiger partial charge in [0.15, 0.2) is 5.58 Å². The van der Waals surface area contributed by atoms with Crippen LogP contribution in [0.4, 0.5) is 12.0 Å². The highest BCUT2D eigenvalue weighted by Crippen LogP contribution is 2.25. The average Bonchev–Trinajstić information content (AvgIpc) is 3.06. The molecule has 0 spiro atoms. The van der Waals surface area contributed by atoms with Gasteiger partial charge in [-0.15, -0.1) is 0 Å². The first kappa shape index (κ1) is 14.4. The van der Waals surface area contributed by atoms with E-state index in [0.717, 1.165) is 13.1 Å². The van der Waals surface area contributed by atoms with Crippen LogP contribution >= 0.6 is 0 Å². The first-order chi connectivity index (χ1) is 11.7. The molecule has 1 fully saturated rings. The minimum Gasteiger partial charge on any atom is -0.478 e. The van der Waals surface area contributed by atoms with E-state index in [1.807, 2.05) is 4.90 Å². The average molecular weight is 325 g/mol. The van der Waals surface area contributed by atoms with Gasteiger partial charge < -0.3 is 19.3 Å². The second-order valence-corrected chi connectivity index (χ2v) is 5.48. The van der Waals surface area contributed by atoms with Gasteiger partial charge in [0.1, 0.15) is 5.52 Å². The number of carbonyl (C=O) groups is 1. The van der Waals surface area contributed by atoms with Gasteiger partial charge in [-0.05, 0) is 18.2 Å². The van der Waals surface area contributed by atoms with Crippen molar-refractivity contribution < 1.29 is 14.3 Å². The summed E-state index contributed by atoms with van der Waals surface area (Å²) in [5, 5.41) is 9.25. The highest BCUT2D eigenvalue weighted by molar-refractivity contribution is 6.00. The summed E-state index contributed by atoms with van der Waals surface area (Å²) in [7, 11) is 0. The SMILES string of the molecule is O=C(O)c1cccc2oc(N3CCN(c4ncccn4)CC3)nc12. The number of anilines is 2. The summed E-state index contributed by atoms with van der Waals surface area (Å²) in [6, 6.07) is 7.16. The molecule has 0 radical (unpaired) electrons. The minimum absolute atomic E-state index is 0.152. The molecule has 0 bridgehead atoms. The summed E-state index contributed by atoms with van der Waals surface area (Å²) in [5.41, 5.74) is 1.02. The third-order valence-corrected chi connectivity index (χ3v) is 4.02. The Hall–Kier alpha value is -3.16. The normalized spacial score (nSPS) is 15.0. The molecule has 0 saturated carbocycles. The summed E-state index contributed by atoms with van der Waals surface area (Å²) in [6.45, 7) is 2.89. The van der Waals surface area contributed by atoms with Gasteiger partial charge in [0, 0.05) is 38.6 Å². The summed E-state index contributed by atoms with van der Waals surface area (Å²) < 4.78 is 5.74. The third kappa shape index (κ3) is 2.51. The van der Waals surface area contributed by atoms with Crippen LogP contribution < -0.4 is 9.80 Å². The van der Waals surface area contributed by atoms with Crippen LogP contribution in [-0.2, 0) is 0 Å². The molecule has 1 saturated heterocycles. The van der Waals surface area contributed by atoms with Gasteiger partial charge in [0.05, 0.1) is 5.56 Å². The number of carboxylic acids is 1. The lowest BCUT2D eigenvalue weighted by molar-refractivity contribution is 0.0699. The molecule has 24 heavy (non-hydrogen) atoms. The molecule has 0 atom stereocenters. The van der Waals surface area contributed by atoms with Crippen molar-refractivity contribution in [1.29, 1.82) is 0 Å². The Morgan fingerprint density at radius 1 is 1.04 bits per heavy atom. The lowest BCUT2D eigenvalue weighted by atomic mass is 10.2. The van der Waals surface area contributed by atoms with Crippen LogP contribution in [0.15, 0.2) is 41.1 Å². The van der Waals surface area contributed by atoms with Crippen LogP contribution in [0.5, 0.6) is 0 Å². The topological polar surface area (TPSA) is 95.6 Å². The molecule has 3 heterocycles. The zero-order valence-corrected chi connectivity index (χ0v) is 12.8. The Morgan fingerprint density at radius 2 is 1.75 bits per heavy atom. The minimum atomic E-state index is -1.01. The summed E-state index contributed by atoms with van der Waals surface area (Å²) in [4.78, 5) is 28.3. The summed E-state index contributed by atoms with van der Waals surface area (Å²) in [5.74, 6) is -0.297. The molecule has 1 aromatic carbocycles. The highest BCUT2D eigenvalue weighted by Gasteiger charge is 2.23. The quantitative estimate of drug-likeness (QED) is 0.776. The maximum atomic E-state index is 11.3. The lowest BCUT2D eigenvalue weighted by Crippen LogP contribution is -2.47. The molecule has 1 aliphatic heterocycles. The van der Waals surface area contributed by atoms with E-state index < -0.39 is 5.97 Å². The van der Waals surface area contributed by atoms with Gasteiger partial charge >= 0.3 is 5.97 Å². The zero-order valence-electron chi connectivity index (χ0n) is 12.8. The number of nitrogens with zero attached hydrogens (tertiary/aromatic N) is 5. The predicted octanol–water partition coefficient (Wildman–Crippen LogP) is 1.64. The van der Waals surface area contributed by atoms with Crippen molar-refractivity contribution in [2.75, 3.05) is 36.0 Å². The van der Waals surface area contributed by atoms with E-state index in [9.17, 15) is 9.90 Å². The molecular weight excluding hydrogens is 310 g/mol. The number of hydrogen-bond acceptors (Lipinski definition) is 7. The maximum Gasteiger partial charge on any atom is 0.338 e. The largest absolute Gasteiger partial charge is 0.478 e. The summed E-state index contributed by atoms with van der Waals surface area (Å²) >= 11 is 0. The Morgan fingerprint density at radius 3 is 2.46 bits per heavy atom. The fraction of sp³-hybridized carbons (Fsp3) is 0.250. The van der Waals surface area contributed by atoms with Crippen LogP contribution in [0, 0.1) is 0 Å². The van der Waals surface area contributed by atoms with Gasteiger partial charge in [0.25, 0.3) is 6.01 Å². The van der Waals surface area contributed by atoms with E-state index in [2.05, 4.69) is 19.9 Å². The van der Waals surface area contributed by atoms with Gasteiger partial charge in [0.2, 0.25) is 5.95 Å². The second kappa shape index (κ2) is 5.80. The number of fused-ring (bicyclic) bond motifs is 1. The van der Waals surface area contributed by atoms with Gasteiger partial charge in [-0.3, -0.25) is 0 Å². The molecule has 3 aromatic rings. The van der Waals surface area contributed by atoms with E-state index in [1.165, 1.54) is 6.07 Å². The monoisotopic (exact) mass is 325 g/mol. The van der Waals surface area contributed by atoms with E-state index >= 15 is 0 Å². The molecular formula is C16H15N5O3. The van der Waals surface area contributed by atoms with Gasteiger partial charge in [-0.1, -0.05) is 6.07 Å². The molecule has 4 rings (SSSR count). The molecule has 0 amide bonds. The van der Waals surface area contributed by atoms with Crippen molar-refractivity contribution in [2.45, 2.75) is 0 Å². The lowest BCUT2D eigenvalue weighted by Gasteiger charge is -2.33. The number of benzene rings is 1.